The van der Waals surface area contributed by atoms with Crippen molar-refractivity contribution in [3.63, 3.8) is 0 Å². The first kappa shape index (κ1) is 18.0. The molecule has 0 unspecified atom stereocenters. The van der Waals surface area contributed by atoms with Gasteiger partial charge in [0.1, 0.15) is 17.1 Å². The third-order valence-electron chi connectivity index (χ3n) is 3.57. The van der Waals surface area contributed by atoms with Crippen molar-refractivity contribution in [3.05, 3.63) is 52.8 Å². The minimum Gasteiger partial charge on any atom is -0.478 e. The summed E-state index contributed by atoms with van der Waals surface area (Å²) < 4.78 is 5.51. The Balaban J connectivity index is 1.99. The summed E-state index contributed by atoms with van der Waals surface area (Å²) >= 11 is 4.70. The first-order chi connectivity index (χ1) is 12.7. The van der Waals surface area contributed by atoms with Crippen LogP contribution in [-0.4, -0.2) is 39.1 Å². The zero-order valence-corrected chi connectivity index (χ0v) is 14.1. The number of hydrogen-bond donors (Lipinski definition) is 4. The van der Waals surface area contributed by atoms with Crippen LogP contribution in [0.1, 0.15) is 26.5 Å². The molecule has 1 aromatic carbocycles. The quantitative estimate of drug-likeness (QED) is 0.349. The maximum Gasteiger partial charge on any atom is 0.335 e. The van der Waals surface area contributed by atoms with Crippen LogP contribution in [0.5, 0.6) is 0 Å². The zero-order chi connectivity index (χ0) is 19.7. The molecular weight excluding hydrogens is 376 g/mol. The van der Waals surface area contributed by atoms with Crippen LogP contribution in [0, 0.1) is 0 Å². The fraction of sp³-hybridized carbons (Fsp3) is 0. The van der Waals surface area contributed by atoms with E-state index in [2.05, 4.69) is 10.6 Å². The van der Waals surface area contributed by atoms with Gasteiger partial charge in [0.05, 0.1) is 11.1 Å². The Labute approximate surface area is 156 Å². The third kappa shape index (κ3) is 3.75. The number of carbonyl (C=O) groups excluding carboxylic acids is 2. The molecule has 0 atom stereocenters. The average Bonchev–Trinajstić information content (AvgIpc) is 3.06. The maximum absolute atomic E-state index is 11.8. The lowest BCUT2D eigenvalue weighted by Gasteiger charge is -2.15. The lowest BCUT2D eigenvalue weighted by atomic mass is 10.0. The van der Waals surface area contributed by atoms with Crippen LogP contribution in [0.4, 0.5) is 0 Å². The molecule has 2 aromatic rings. The highest BCUT2D eigenvalue weighted by Gasteiger charge is 2.26. The summed E-state index contributed by atoms with van der Waals surface area (Å²) in [4.78, 5) is 46.1. The highest BCUT2D eigenvalue weighted by atomic mass is 32.1. The van der Waals surface area contributed by atoms with Gasteiger partial charge in [-0.25, -0.2) is 9.59 Å². The van der Waals surface area contributed by atoms with E-state index in [1.54, 1.807) is 0 Å². The van der Waals surface area contributed by atoms with Crippen molar-refractivity contribution in [2.75, 3.05) is 0 Å². The number of amides is 2. The Kier molecular flexibility index (Phi) is 4.57. The number of carboxylic acids is 2. The first-order valence-electron chi connectivity index (χ1n) is 7.35. The fourth-order valence-corrected chi connectivity index (χ4v) is 2.54. The van der Waals surface area contributed by atoms with Gasteiger partial charge < -0.3 is 14.6 Å². The summed E-state index contributed by atoms with van der Waals surface area (Å²) in [6, 6.07) is 6.44. The number of nitrogens with one attached hydrogen (secondary N) is 2. The van der Waals surface area contributed by atoms with E-state index in [4.69, 9.17) is 26.8 Å². The van der Waals surface area contributed by atoms with Gasteiger partial charge in [-0.05, 0) is 48.6 Å². The second-order valence-electron chi connectivity index (χ2n) is 5.41. The Morgan fingerprint density at radius 2 is 1.52 bits per heavy atom. The highest BCUT2D eigenvalue weighted by Crippen LogP contribution is 2.26. The van der Waals surface area contributed by atoms with Gasteiger partial charge in [0.2, 0.25) is 0 Å². The van der Waals surface area contributed by atoms with Crippen LogP contribution in [0.15, 0.2) is 40.3 Å². The molecule has 0 aliphatic carbocycles. The van der Waals surface area contributed by atoms with E-state index in [1.807, 2.05) is 0 Å². The molecule has 0 bridgehead atoms. The lowest BCUT2D eigenvalue weighted by molar-refractivity contribution is -0.123. The van der Waals surface area contributed by atoms with Crippen LogP contribution >= 0.6 is 12.2 Å². The number of carbonyl (C=O) groups is 4. The molecule has 1 aliphatic heterocycles. The minimum atomic E-state index is -1.29. The van der Waals surface area contributed by atoms with Crippen LogP contribution < -0.4 is 10.6 Å². The third-order valence-corrected chi connectivity index (χ3v) is 3.77. The summed E-state index contributed by atoms with van der Waals surface area (Å²) in [6.07, 6.45) is 1.19. The molecule has 1 fully saturated rings. The molecule has 1 aromatic heterocycles. The van der Waals surface area contributed by atoms with Gasteiger partial charge in [-0.2, -0.15) is 0 Å². The number of furan rings is 1. The van der Waals surface area contributed by atoms with Crippen molar-refractivity contribution < 1.29 is 33.8 Å². The molecule has 10 heteroatoms. The van der Waals surface area contributed by atoms with Gasteiger partial charge in [0.15, 0.2) is 5.11 Å². The molecule has 2 amide bonds. The number of hydrogen-bond acceptors (Lipinski definition) is 6. The van der Waals surface area contributed by atoms with Gasteiger partial charge in [0.25, 0.3) is 11.8 Å². The van der Waals surface area contributed by atoms with Crippen molar-refractivity contribution in [2.45, 2.75) is 0 Å². The van der Waals surface area contributed by atoms with Gasteiger partial charge in [-0.3, -0.25) is 20.2 Å². The summed E-state index contributed by atoms with van der Waals surface area (Å²) in [5.74, 6) is -3.67. The molecule has 136 valence electrons. The Morgan fingerprint density at radius 1 is 0.963 bits per heavy atom. The molecule has 2 heterocycles. The van der Waals surface area contributed by atoms with E-state index in [1.165, 1.54) is 30.3 Å². The smallest absolute Gasteiger partial charge is 0.335 e. The van der Waals surface area contributed by atoms with E-state index in [0.717, 1.165) is 6.07 Å². The van der Waals surface area contributed by atoms with Crippen molar-refractivity contribution >= 4 is 47.2 Å². The fourth-order valence-electron chi connectivity index (χ4n) is 2.35. The summed E-state index contributed by atoms with van der Waals surface area (Å²) in [5.41, 5.74) is -0.452. The molecule has 3 rings (SSSR count). The molecular formula is C17H10N2O7S. The van der Waals surface area contributed by atoms with Crippen molar-refractivity contribution in [2.24, 2.45) is 0 Å². The summed E-state index contributed by atoms with van der Waals surface area (Å²) in [6.45, 7) is 0. The number of thiocarbonyl (C=S) groups is 1. The molecule has 0 spiro atoms. The number of aromatic carboxylic acids is 2. The lowest BCUT2D eigenvalue weighted by Crippen LogP contribution is -2.51. The predicted octanol–water partition coefficient (Wildman–Crippen LogP) is 1.26. The Morgan fingerprint density at radius 3 is 2.04 bits per heavy atom. The molecule has 1 aliphatic rings. The van der Waals surface area contributed by atoms with E-state index >= 15 is 0 Å². The van der Waals surface area contributed by atoms with Gasteiger partial charge in [-0.15, -0.1) is 0 Å². The second-order valence-corrected chi connectivity index (χ2v) is 5.81. The minimum absolute atomic E-state index is 0.103. The molecule has 27 heavy (non-hydrogen) atoms. The van der Waals surface area contributed by atoms with E-state index in [-0.39, 0.29) is 38.9 Å². The summed E-state index contributed by atoms with van der Waals surface area (Å²) in [5, 5.41) is 22.7. The van der Waals surface area contributed by atoms with Gasteiger partial charge >= 0.3 is 11.9 Å². The topological polar surface area (TPSA) is 146 Å². The summed E-state index contributed by atoms with van der Waals surface area (Å²) in [7, 11) is 0. The largest absolute Gasteiger partial charge is 0.478 e. The van der Waals surface area contributed by atoms with Crippen molar-refractivity contribution in [3.8, 4) is 11.3 Å². The van der Waals surface area contributed by atoms with Crippen molar-refractivity contribution in [1.29, 1.82) is 0 Å². The van der Waals surface area contributed by atoms with Gasteiger partial charge in [-0.1, -0.05) is 0 Å². The molecule has 9 nitrogen and oxygen atoms in total. The Bertz CT molecular complexity index is 997. The van der Waals surface area contributed by atoms with Crippen LogP contribution in [0.2, 0.25) is 0 Å². The van der Waals surface area contributed by atoms with Crippen molar-refractivity contribution in [1.82, 2.24) is 10.6 Å². The maximum atomic E-state index is 11.8. The molecule has 0 saturated carbocycles. The number of carboxylic acid groups (broad SMARTS) is 2. The SMILES string of the molecule is O=C1NC(=S)NC(=O)C1=Cc1ccc(-c2cc(C(=O)O)cc(C(=O)O)c2)o1. The molecule has 0 radical (unpaired) electrons. The van der Waals surface area contributed by atoms with E-state index < -0.39 is 23.8 Å². The molecule has 1 saturated heterocycles. The molecule has 4 N–H and O–H groups in total. The first-order valence-corrected chi connectivity index (χ1v) is 7.75. The van der Waals surface area contributed by atoms with Gasteiger partial charge in [0, 0.05) is 5.56 Å². The normalized spacial score (nSPS) is 13.8. The Hall–Kier alpha value is -3.79. The highest BCUT2D eigenvalue weighted by molar-refractivity contribution is 7.80. The van der Waals surface area contributed by atoms with Crippen LogP contribution in [0.3, 0.4) is 0 Å². The standard InChI is InChI=1S/C17H10N2O7S/c20-13-11(14(21)19-17(27)18-13)6-10-1-2-12(26-10)7-3-8(15(22)23)5-9(4-7)16(24)25/h1-6H,(H,22,23)(H,24,25)(H2,18,19,20,21,27). The number of rotatable bonds is 4. The van der Waals surface area contributed by atoms with Crippen LogP contribution in [-0.2, 0) is 9.59 Å². The monoisotopic (exact) mass is 386 g/mol. The zero-order valence-electron chi connectivity index (χ0n) is 13.3. The van der Waals surface area contributed by atoms with E-state index in [9.17, 15) is 19.2 Å². The van der Waals surface area contributed by atoms with E-state index in [0.29, 0.717) is 0 Å². The van der Waals surface area contributed by atoms with Crippen LogP contribution in [0.25, 0.3) is 17.4 Å². The average molecular weight is 386 g/mol. The second kappa shape index (κ2) is 6.84. The number of benzene rings is 1. The predicted molar refractivity (Wildman–Crippen MR) is 94.9 cm³/mol.